The minimum atomic E-state index is 0. The van der Waals surface area contributed by atoms with Crippen molar-refractivity contribution in [1.82, 2.24) is 9.88 Å². The van der Waals surface area contributed by atoms with E-state index in [2.05, 4.69) is 33.9 Å². The van der Waals surface area contributed by atoms with Gasteiger partial charge in [0.25, 0.3) is 0 Å². The lowest BCUT2D eigenvalue weighted by Crippen LogP contribution is -2.20. The Kier molecular flexibility index (Phi) is 5.28. The average molecular weight is 395 g/mol. The van der Waals surface area contributed by atoms with Gasteiger partial charge in [-0.15, -0.1) is 12.4 Å². The molecular weight excluding hydrogens is 377 g/mol. The van der Waals surface area contributed by atoms with Crippen molar-refractivity contribution in [3.63, 3.8) is 0 Å². The second-order valence-corrected chi connectivity index (χ2v) is 6.80. The van der Waals surface area contributed by atoms with Crippen molar-refractivity contribution < 1.29 is 0 Å². The van der Waals surface area contributed by atoms with Crippen LogP contribution in [0.25, 0.3) is 10.9 Å². The van der Waals surface area contributed by atoms with Gasteiger partial charge in [0, 0.05) is 45.3 Å². The lowest BCUT2D eigenvalue weighted by Gasteiger charge is -2.10. The Morgan fingerprint density at radius 1 is 1.16 bits per heavy atom. The summed E-state index contributed by atoms with van der Waals surface area (Å²) in [6, 6.07) is 14.0. The topological polar surface area (TPSA) is 29.3 Å². The lowest BCUT2D eigenvalue weighted by molar-refractivity contribution is 0.803. The third-order valence-electron chi connectivity index (χ3n) is 4.48. The molecule has 130 valence electrons. The van der Waals surface area contributed by atoms with E-state index in [0.717, 1.165) is 57.5 Å². The van der Waals surface area contributed by atoms with E-state index >= 15 is 0 Å². The molecule has 0 saturated carbocycles. The van der Waals surface area contributed by atoms with Crippen LogP contribution in [0.5, 0.6) is 0 Å². The van der Waals surface area contributed by atoms with E-state index in [1.807, 2.05) is 30.3 Å². The molecule has 2 aromatic carbocycles. The number of benzene rings is 2. The number of nitrogens with zero attached hydrogens (tertiary/aromatic N) is 2. The molecule has 1 aliphatic heterocycles. The Labute approximate surface area is 163 Å². The van der Waals surface area contributed by atoms with Gasteiger partial charge in [-0.2, -0.15) is 0 Å². The number of amidine groups is 1. The van der Waals surface area contributed by atoms with Gasteiger partial charge in [-0.25, -0.2) is 0 Å². The number of aromatic nitrogens is 1. The summed E-state index contributed by atoms with van der Waals surface area (Å²) in [6.07, 6.45) is 0. The smallest absolute Gasteiger partial charge is 0.130 e. The number of hydrogen-bond donors (Lipinski definition) is 1. The molecule has 0 amide bonds. The summed E-state index contributed by atoms with van der Waals surface area (Å²) < 4.78 is 2.28. The molecule has 0 unspecified atom stereocenters. The maximum atomic E-state index is 6.37. The van der Waals surface area contributed by atoms with Crippen molar-refractivity contribution in [3.8, 4) is 0 Å². The van der Waals surface area contributed by atoms with E-state index in [0.29, 0.717) is 0 Å². The molecule has 0 saturated heterocycles. The highest BCUT2D eigenvalue weighted by atomic mass is 35.5. The summed E-state index contributed by atoms with van der Waals surface area (Å²) in [5.74, 6) is 0.956. The third-order valence-corrected chi connectivity index (χ3v) is 5.09. The molecule has 2 heterocycles. The van der Waals surface area contributed by atoms with Gasteiger partial charge in [0.15, 0.2) is 0 Å². The van der Waals surface area contributed by atoms with Crippen molar-refractivity contribution in [1.29, 1.82) is 0 Å². The zero-order valence-electron chi connectivity index (χ0n) is 13.7. The Balaban J connectivity index is 0.00000182. The average Bonchev–Trinajstić information content (AvgIpc) is 3.17. The maximum absolute atomic E-state index is 6.37. The van der Waals surface area contributed by atoms with Crippen molar-refractivity contribution in [3.05, 3.63) is 69.3 Å². The van der Waals surface area contributed by atoms with Gasteiger partial charge >= 0.3 is 0 Å². The molecule has 0 atom stereocenters. The fourth-order valence-electron chi connectivity index (χ4n) is 3.32. The Hall–Kier alpha value is -1.68. The van der Waals surface area contributed by atoms with E-state index in [-0.39, 0.29) is 12.4 Å². The van der Waals surface area contributed by atoms with E-state index in [9.17, 15) is 0 Å². The molecule has 0 bridgehead atoms. The van der Waals surface area contributed by atoms with Crippen molar-refractivity contribution in [2.45, 2.75) is 13.5 Å². The second-order valence-electron chi connectivity index (χ2n) is 5.96. The summed E-state index contributed by atoms with van der Waals surface area (Å²) in [5.41, 5.74) is 4.54. The van der Waals surface area contributed by atoms with E-state index in [1.165, 1.54) is 5.69 Å². The number of halogens is 3. The maximum Gasteiger partial charge on any atom is 0.130 e. The van der Waals surface area contributed by atoms with Crippen LogP contribution in [0.1, 0.15) is 16.8 Å². The SMILES string of the molecule is Cc1c(C2=NCCN2)c2cc(Cl)ccc2n1Cc1ccccc1Cl.Cl. The fraction of sp³-hybridized carbons (Fsp3) is 0.211. The lowest BCUT2D eigenvalue weighted by atomic mass is 10.1. The number of aliphatic imine (C=N–C) groups is 1. The van der Waals surface area contributed by atoms with Crippen molar-refractivity contribution in [2.75, 3.05) is 13.1 Å². The van der Waals surface area contributed by atoms with Crippen LogP contribution in [0.15, 0.2) is 47.5 Å². The fourth-order valence-corrected chi connectivity index (χ4v) is 3.69. The molecule has 25 heavy (non-hydrogen) atoms. The first-order chi connectivity index (χ1) is 11.6. The van der Waals surface area contributed by atoms with Crippen LogP contribution in [-0.2, 0) is 6.54 Å². The molecule has 6 heteroatoms. The zero-order valence-corrected chi connectivity index (χ0v) is 16.0. The Bertz CT molecular complexity index is 960. The Morgan fingerprint density at radius 2 is 1.96 bits per heavy atom. The molecule has 3 aromatic rings. The molecule has 4 rings (SSSR count). The highest BCUT2D eigenvalue weighted by molar-refractivity contribution is 6.32. The molecular formula is C19H18Cl3N3. The number of hydrogen-bond acceptors (Lipinski definition) is 2. The number of rotatable bonds is 3. The third kappa shape index (κ3) is 3.24. The van der Waals surface area contributed by atoms with Gasteiger partial charge in [0.1, 0.15) is 5.84 Å². The zero-order chi connectivity index (χ0) is 16.7. The first-order valence-electron chi connectivity index (χ1n) is 7.95. The molecule has 3 nitrogen and oxygen atoms in total. The quantitative estimate of drug-likeness (QED) is 0.660. The van der Waals surface area contributed by atoms with Gasteiger partial charge in [-0.05, 0) is 36.8 Å². The summed E-state index contributed by atoms with van der Waals surface area (Å²) in [4.78, 5) is 4.61. The molecule has 1 aliphatic rings. The highest BCUT2D eigenvalue weighted by Crippen LogP contribution is 2.31. The molecule has 0 radical (unpaired) electrons. The minimum absolute atomic E-state index is 0. The van der Waals surface area contributed by atoms with Gasteiger partial charge in [-0.3, -0.25) is 4.99 Å². The van der Waals surface area contributed by atoms with Crippen LogP contribution in [0.3, 0.4) is 0 Å². The largest absolute Gasteiger partial charge is 0.368 e. The molecule has 0 fully saturated rings. The van der Waals surface area contributed by atoms with E-state index < -0.39 is 0 Å². The van der Waals surface area contributed by atoms with Crippen molar-refractivity contribution >= 4 is 52.3 Å². The van der Waals surface area contributed by atoms with E-state index in [4.69, 9.17) is 23.2 Å². The number of nitrogens with one attached hydrogen (secondary N) is 1. The predicted octanol–water partition coefficient (Wildman–Crippen LogP) is 5.08. The first kappa shape index (κ1) is 18.1. The Morgan fingerprint density at radius 3 is 2.68 bits per heavy atom. The predicted molar refractivity (Wildman–Crippen MR) is 109 cm³/mol. The minimum Gasteiger partial charge on any atom is -0.368 e. The van der Waals surface area contributed by atoms with Gasteiger partial charge < -0.3 is 9.88 Å². The highest BCUT2D eigenvalue weighted by Gasteiger charge is 2.20. The van der Waals surface area contributed by atoms with Gasteiger partial charge in [-0.1, -0.05) is 41.4 Å². The number of fused-ring (bicyclic) bond motifs is 1. The molecule has 0 aliphatic carbocycles. The first-order valence-corrected chi connectivity index (χ1v) is 8.71. The normalized spacial score (nSPS) is 13.5. The summed E-state index contributed by atoms with van der Waals surface area (Å²) >= 11 is 12.6. The molecule has 1 N–H and O–H groups in total. The second kappa shape index (κ2) is 7.28. The molecule has 0 spiro atoms. The van der Waals surface area contributed by atoms with Crippen LogP contribution in [0.4, 0.5) is 0 Å². The van der Waals surface area contributed by atoms with Crippen LogP contribution < -0.4 is 5.32 Å². The van der Waals surface area contributed by atoms with Crippen LogP contribution in [0.2, 0.25) is 10.0 Å². The van der Waals surface area contributed by atoms with Crippen LogP contribution in [-0.4, -0.2) is 23.5 Å². The van der Waals surface area contributed by atoms with Crippen LogP contribution in [0, 0.1) is 6.92 Å². The van der Waals surface area contributed by atoms with Crippen molar-refractivity contribution in [2.24, 2.45) is 4.99 Å². The monoisotopic (exact) mass is 393 g/mol. The van der Waals surface area contributed by atoms with E-state index in [1.54, 1.807) is 0 Å². The summed E-state index contributed by atoms with van der Waals surface area (Å²) in [5, 5.41) is 6.02. The van der Waals surface area contributed by atoms with Gasteiger partial charge in [0.05, 0.1) is 6.54 Å². The molecule has 1 aromatic heterocycles. The van der Waals surface area contributed by atoms with Gasteiger partial charge in [0.2, 0.25) is 0 Å². The standard InChI is InChI=1S/C19H17Cl2N3.ClH/c1-12-18(19-22-8-9-23-19)15-10-14(20)6-7-17(15)24(12)11-13-4-2-3-5-16(13)21;/h2-7,10H,8-9,11H2,1H3,(H,22,23);1H. The van der Waals surface area contributed by atoms with Crippen LogP contribution >= 0.6 is 35.6 Å². The summed E-state index contributed by atoms with van der Waals surface area (Å²) in [7, 11) is 0. The summed E-state index contributed by atoms with van der Waals surface area (Å²) in [6.45, 7) is 4.54.